The smallest absolute Gasteiger partial charge is 0.0542 e. The topological polar surface area (TPSA) is 18.8 Å². The van der Waals surface area contributed by atoms with E-state index in [0.717, 1.165) is 43.3 Å². The highest BCUT2D eigenvalue weighted by Gasteiger charge is 2.16. The molecule has 126 valence electrons. The summed E-state index contributed by atoms with van der Waals surface area (Å²) in [6, 6.07) is 16.6. The van der Waals surface area contributed by atoms with Crippen LogP contribution in [-0.2, 0) is 6.54 Å². The van der Waals surface area contributed by atoms with Gasteiger partial charge in [0.2, 0.25) is 0 Å². The highest BCUT2D eigenvalue weighted by atomic mass is 35.5. The third kappa shape index (κ3) is 4.76. The summed E-state index contributed by atoms with van der Waals surface area (Å²) in [5.74, 6) is 0. The van der Waals surface area contributed by atoms with E-state index in [2.05, 4.69) is 51.6 Å². The molecule has 0 radical (unpaired) electrons. The van der Waals surface area contributed by atoms with Crippen LogP contribution in [0.1, 0.15) is 11.1 Å². The molecule has 0 aliphatic carbocycles. The van der Waals surface area contributed by atoms with E-state index < -0.39 is 0 Å². The number of halogens is 1. The Kier molecular flexibility index (Phi) is 6.18. The Morgan fingerprint density at radius 1 is 1.04 bits per heavy atom. The van der Waals surface area contributed by atoms with Crippen LogP contribution in [0, 0.1) is 0 Å². The third-order valence-electron chi connectivity index (χ3n) is 4.19. The molecule has 0 bridgehead atoms. The Morgan fingerprint density at radius 3 is 2.42 bits per heavy atom. The Morgan fingerprint density at radius 2 is 1.75 bits per heavy atom. The lowest BCUT2D eigenvalue weighted by atomic mass is 10.2. The minimum atomic E-state index is 0.853. The van der Waals surface area contributed by atoms with Crippen molar-refractivity contribution in [1.29, 1.82) is 0 Å². The standard InChI is InChI=1S/C19H22ClN3S/c1-24-18-8-6-16(7-9-18)14-21-23-12-10-22(11-13-23)15-17-4-2-3-5-19(17)20/h2-9,14H,10-13,15H2,1H3. The van der Waals surface area contributed by atoms with Gasteiger partial charge in [-0.15, -0.1) is 11.8 Å². The average Bonchev–Trinajstić information content (AvgIpc) is 2.63. The van der Waals surface area contributed by atoms with Crippen molar-refractivity contribution in [3.63, 3.8) is 0 Å². The molecule has 2 aromatic rings. The first kappa shape index (κ1) is 17.3. The van der Waals surface area contributed by atoms with Gasteiger partial charge in [-0.05, 0) is 35.6 Å². The number of thioether (sulfide) groups is 1. The fourth-order valence-electron chi connectivity index (χ4n) is 2.72. The van der Waals surface area contributed by atoms with Crippen LogP contribution < -0.4 is 0 Å². The monoisotopic (exact) mass is 359 g/mol. The van der Waals surface area contributed by atoms with Gasteiger partial charge in [-0.25, -0.2) is 0 Å². The van der Waals surface area contributed by atoms with Crippen LogP contribution in [0.5, 0.6) is 0 Å². The summed E-state index contributed by atoms with van der Waals surface area (Å²) in [6.45, 7) is 4.82. The van der Waals surface area contributed by atoms with Crippen molar-refractivity contribution in [2.75, 3.05) is 32.4 Å². The molecule has 1 aliphatic rings. The molecule has 24 heavy (non-hydrogen) atoms. The second-order valence-electron chi connectivity index (χ2n) is 5.84. The lowest BCUT2D eigenvalue weighted by Gasteiger charge is -2.33. The van der Waals surface area contributed by atoms with Crippen molar-refractivity contribution < 1.29 is 0 Å². The average molecular weight is 360 g/mol. The summed E-state index contributed by atoms with van der Waals surface area (Å²) in [6.07, 6.45) is 4.04. The first-order valence-corrected chi connectivity index (χ1v) is 9.73. The molecule has 0 amide bonds. The number of benzene rings is 2. The van der Waals surface area contributed by atoms with Gasteiger partial charge in [-0.2, -0.15) is 5.10 Å². The van der Waals surface area contributed by atoms with E-state index in [1.807, 2.05) is 24.4 Å². The van der Waals surface area contributed by atoms with Crippen molar-refractivity contribution in [3.05, 3.63) is 64.7 Å². The van der Waals surface area contributed by atoms with Gasteiger partial charge in [0.05, 0.1) is 6.21 Å². The minimum absolute atomic E-state index is 0.853. The maximum atomic E-state index is 6.25. The van der Waals surface area contributed by atoms with E-state index in [9.17, 15) is 0 Å². The number of nitrogens with zero attached hydrogens (tertiary/aromatic N) is 3. The first-order chi connectivity index (χ1) is 11.7. The molecule has 0 unspecified atom stereocenters. The molecule has 3 rings (SSSR count). The van der Waals surface area contributed by atoms with Crippen LogP contribution in [0.4, 0.5) is 0 Å². The predicted octanol–water partition coefficient (Wildman–Crippen LogP) is 4.21. The molecule has 1 heterocycles. The van der Waals surface area contributed by atoms with Gasteiger partial charge in [-0.3, -0.25) is 9.91 Å². The van der Waals surface area contributed by atoms with Gasteiger partial charge in [-0.1, -0.05) is 41.9 Å². The van der Waals surface area contributed by atoms with E-state index in [1.54, 1.807) is 11.8 Å². The normalized spacial score (nSPS) is 16.0. The van der Waals surface area contributed by atoms with Crippen molar-refractivity contribution in [3.8, 4) is 0 Å². The maximum Gasteiger partial charge on any atom is 0.0542 e. The quantitative estimate of drug-likeness (QED) is 0.588. The van der Waals surface area contributed by atoms with Gasteiger partial charge in [0.25, 0.3) is 0 Å². The minimum Gasteiger partial charge on any atom is -0.295 e. The van der Waals surface area contributed by atoms with Crippen molar-refractivity contribution in [2.45, 2.75) is 11.4 Å². The molecule has 5 heteroatoms. The summed E-state index contributed by atoms with van der Waals surface area (Å²) in [5, 5.41) is 7.61. The first-order valence-electron chi connectivity index (χ1n) is 8.13. The zero-order valence-electron chi connectivity index (χ0n) is 13.9. The van der Waals surface area contributed by atoms with E-state index in [0.29, 0.717) is 0 Å². The Balaban J connectivity index is 1.49. The van der Waals surface area contributed by atoms with Crippen LogP contribution in [0.25, 0.3) is 0 Å². The van der Waals surface area contributed by atoms with Gasteiger partial charge in [0.15, 0.2) is 0 Å². The second kappa shape index (κ2) is 8.56. The molecule has 0 saturated carbocycles. The Bertz CT molecular complexity index is 679. The summed E-state index contributed by atoms with van der Waals surface area (Å²) in [4.78, 5) is 3.71. The fourth-order valence-corrected chi connectivity index (χ4v) is 3.32. The third-order valence-corrected chi connectivity index (χ3v) is 5.30. The summed E-state index contributed by atoms with van der Waals surface area (Å²) < 4.78 is 0. The van der Waals surface area contributed by atoms with Gasteiger partial charge >= 0.3 is 0 Å². The molecule has 1 saturated heterocycles. The van der Waals surface area contributed by atoms with Crippen LogP contribution in [0.3, 0.4) is 0 Å². The van der Waals surface area contributed by atoms with E-state index in [4.69, 9.17) is 11.6 Å². The second-order valence-corrected chi connectivity index (χ2v) is 7.13. The Labute approximate surface area is 153 Å². The molecule has 0 spiro atoms. The summed E-state index contributed by atoms with van der Waals surface area (Å²) in [7, 11) is 0. The number of piperazine rings is 1. The lowest BCUT2D eigenvalue weighted by Crippen LogP contribution is -2.43. The molecular weight excluding hydrogens is 338 g/mol. The molecule has 1 fully saturated rings. The summed E-state index contributed by atoms with van der Waals surface area (Å²) >= 11 is 8.00. The number of hydrogen-bond donors (Lipinski definition) is 0. The largest absolute Gasteiger partial charge is 0.295 e. The van der Waals surface area contributed by atoms with Gasteiger partial charge in [0, 0.05) is 42.6 Å². The summed E-state index contributed by atoms with van der Waals surface area (Å²) in [5.41, 5.74) is 2.34. The van der Waals surface area contributed by atoms with Crippen LogP contribution in [-0.4, -0.2) is 48.6 Å². The molecule has 0 atom stereocenters. The van der Waals surface area contributed by atoms with Gasteiger partial charge in [0.1, 0.15) is 0 Å². The zero-order chi connectivity index (χ0) is 16.8. The van der Waals surface area contributed by atoms with Crippen LogP contribution in [0.15, 0.2) is 58.5 Å². The number of hydrogen-bond acceptors (Lipinski definition) is 4. The molecule has 2 aromatic carbocycles. The maximum absolute atomic E-state index is 6.25. The van der Waals surface area contributed by atoms with E-state index in [1.165, 1.54) is 10.5 Å². The molecule has 3 nitrogen and oxygen atoms in total. The van der Waals surface area contributed by atoms with Crippen LogP contribution >= 0.6 is 23.4 Å². The molecule has 0 aromatic heterocycles. The van der Waals surface area contributed by atoms with Crippen LogP contribution in [0.2, 0.25) is 5.02 Å². The molecular formula is C19H22ClN3S. The SMILES string of the molecule is CSc1ccc(C=NN2CCN(Cc3ccccc3Cl)CC2)cc1. The van der Waals surface area contributed by atoms with Crippen molar-refractivity contribution in [2.24, 2.45) is 5.10 Å². The fraction of sp³-hybridized carbons (Fsp3) is 0.316. The highest BCUT2D eigenvalue weighted by Crippen LogP contribution is 2.18. The van der Waals surface area contributed by atoms with Crippen molar-refractivity contribution >= 4 is 29.6 Å². The molecule has 1 aliphatic heterocycles. The van der Waals surface area contributed by atoms with E-state index >= 15 is 0 Å². The van der Waals surface area contributed by atoms with Crippen molar-refractivity contribution in [1.82, 2.24) is 9.91 Å². The van der Waals surface area contributed by atoms with E-state index in [-0.39, 0.29) is 0 Å². The highest BCUT2D eigenvalue weighted by molar-refractivity contribution is 7.98. The molecule has 0 N–H and O–H groups in total. The lowest BCUT2D eigenvalue weighted by molar-refractivity contribution is 0.131. The van der Waals surface area contributed by atoms with Gasteiger partial charge < -0.3 is 0 Å². The number of hydrazone groups is 1. The zero-order valence-corrected chi connectivity index (χ0v) is 15.4. The Hall–Kier alpha value is -1.49. The predicted molar refractivity (Wildman–Crippen MR) is 104 cm³/mol. The number of rotatable bonds is 5.